The number of hydrogen-bond acceptors (Lipinski definition) is 3. The van der Waals surface area contributed by atoms with Crippen LogP contribution in [-0.4, -0.2) is 38.1 Å². The molecule has 2 aromatic rings. The fourth-order valence-electron chi connectivity index (χ4n) is 3.70. The lowest BCUT2D eigenvalue weighted by Crippen LogP contribution is -2.41. The molecule has 1 saturated heterocycles. The monoisotopic (exact) mass is 378 g/mol. The number of aliphatic imine (C=N–C) groups is 1. The van der Waals surface area contributed by atoms with Crippen LogP contribution in [-0.2, 0) is 17.8 Å². The molecule has 6 heteroatoms. The SMILES string of the molecule is CN=C(NCc1ccc(N2CCCC2=O)cc1)NCC1Cc2ccccc2O1. The topological polar surface area (TPSA) is 66.0 Å². The maximum Gasteiger partial charge on any atom is 0.227 e. The summed E-state index contributed by atoms with van der Waals surface area (Å²) in [6.45, 7) is 2.18. The van der Waals surface area contributed by atoms with E-state index in [1.54, 1.807) is 7.05 Å². The zero-order chi connectivity index (χ0) is 19.3. The summed E-state index contributed by atoms with van der Waals surface area (Å²) in [5, 5.41) is 6.67. The van der Waals surface area contributed by atoms with Crippen LogP contribution in [0.25, 0.3) is 0 Å². The summed E-state index contributed by atoms with van der Waals surface area (Å²) in [5.41, 5.74) is 3.38. The number of rotatable bonds is 5. The molecule has 2 aliphatic heterocycles. The van der Waals surface area contributed by atoms with Crippen molar-refractivity contribution in [2.45, 2.75) is 31.9 Å². The largest absolute Gasteiger partial charge is 0.488 e. The zero-order valence-electron chi connectivity index (χ0n) is 16.1. The third-order valence-electron chi connectivity index (χ3n) is 5.22. The Balaban J connectivity index is 1.25. The molecule has 0 saturated carbocycles. The van der Waals surface area contributed by atoms with Gasteiger partial charge in [-0.2, -0.15) is 0 Å². The molecule has 28 heavy (non-hydrogen) atoms. The van der Waals surface area contributed by atoms with Crippen molar-refractivity contribution in [1.82, 2.24) is 10.6 Å². The molecule has 4 rings (SSSR count). The van der Waals surface area contributed by atoms with E-state index in [0.717, 1.165) is 42.3 Å². The standard InChI is InChI=1S/C22H26N4O2/c1-23-22(25-15-19-13-17-5-2-3-6-20(17)28-19)24-14-16-8-10-18(11-9-16)26-12-4-7-21(26)27/h2-3,5-6,8-11,19H,4,7,12-15H2,1H3,(H2,23,24,25). The molecule has 0 spiro atoms. The molecule has 6 nitrogen and oxygen atoms in total. The molecule has 0 radical (unpaired) electrons. The van der Waals surface area contributed by atoms with Crippen molar-refractivity contribution < 1.29 is 9.53 Å². The Morgan fingerprint density at radius 2 is 2.00 bits per heavy atom. The quantitative estimate of drug-likeness (QED) is 0.620. The minimum atomic E-state index is 0.119. The van der Waals surface area contributed by atoms with Crippen LogP contribution < -0.4 is 20.3 Å². The average Bonchev–Trinajstić information content (AvgIpc) is 3.34. The van der Waals surface area contributed by atoms with E-state index < -0.39 is 0 Å². The van der Waals surface area contributed by atoms with Gasteiger partial charge in [0.1, 0.15) is 11.9 Å². The van der Waals surface area contributed by atoms with Gasteiger partial charge >= 0.3 is 0 Å². The van der Waals surface area contributed by atoms with Crippen molar-refractivity contribution in [3.8, 4) is 5.75 Å². The molecule has 2 aromatic carbocycles. The van der Waals surface area contributed by atoms with Gasteiger partial charge in [0.25, 0.3) is 0 Å². The van der Waals surface area contributed by atoms with Gasteiger partial charge in [-0.25, -0.2) is 0 Å². The van der Waals surface area contributed by atoms with E-state index >= 15 is 0 Å². The van der Waals surface area contributed by atoms with Crippen molar-refractivity contribution in [2.75, 3.05) is 25.0 Å². The number of benzene rings is 2. The van der Waals surface area contributed by atoms with Gasteiger partial charge in [0.05, 0.1) is 6.54 Å². The van der Waals surface area contributed by atoms with Crippen molar-refractivity contribution in [2.24, 2.45) is 4.99 Å². The van der Waals surface area contributed by atoms with Crippen molar-refractivity contribution in [1.29, 1.82) is 0 Å². The fourth-order valence-corrected chi connectivity index (χ4v) is 3.70. The van der Waals surface area contributed by atoms with Crippen LogP contribution in [0.4, 0.5) is 5.69 Å². The molecule has 2 N–H and O–H groups in total. The highest BCUT2D eigenvalue weighted by atomic mass is 16.5. The summed E-state index contributed by atoms with van der Waals surface area (Å²) in [5.74, 6) is 1.94. The van der Waals surface area contributed by atoms with Crippen LogP contribution >= 0.6 is 0 Å². The van der Waals surface area contributed by atoms with Crippen LogP contribution in [0, 0.1) is 0 Å². The second-order valence-electron chi connectivity index (χ2n) is 7.17. The lowest BCUT2D eigenvalue weighted by Gasteiger charge is -2.17. The molecule has 0 aromatic heterocycles. The van der Waals surface area contributed by atoms with Gasteiger partial charge in [-0.15, -0.1) is 0 Å². The first-order chi connectivity index (χ1) is 13.7. The molecule has 1 fully saturated rings. The normalized spacial score (nSPS) is 18.8. The summed E-state index contributed by atoms with van der Waals surface area (Å²) < 4.78 is 5.96. The number of para-hydroxylation sites is 1. The maximum atomic E-state index is 11.8. The van der Waals surface area contributed by atoms with Gasteiger partial charge in [0, 0.05) is 38.7 Å². The van der Waals surface area contributed by atoms with Crippen LogP contribution in [0.5, 0.6) is 5.75 Å². The molecule has 146 valence electrons. The van der Waals surface area contributed by atoms with Crippen LogP contribution in [0.15, 0.2) is 53.5 Å². The van der Waals surface area contributed by atoms with Gasteiger partial charge in [-0.1, -0.05) is 30.3 Å². The number of ether oxygens (including phenoxy) is 1. The van der Waals surface area contributed by atoms with Gasteiger partial charge in [-0.05, 0) is 35.7 Å². The zero-order valence-corrected chi connectivity index (χ0v) is 16.1. The Morgan fingerprint density at radius 1 is 1.18 bits per heavy atom. The number of amides is 1. The summed E-state index contributed by atoms with van der Waals surface area (Å²) in [6, 6.07) is 16.3. The molecule has 2 aliphatic rings. The number of carbonyl (C=O) groups is 1. The van der Waals surface area contributed by atoms with E-state index in [0.29, 0.717) is 19.5 Å². The first-order valence-corrected chi connectivity index (χ1v) is 9.81. The first-order valence-electron chi connectivity index (χ1n) is 9.81. The van der Waals surface area contributed by atoms with E-state index in [2.05, 4.69) is 33.8 Å². The second kappa shape index (κ2) is 8.33. The van der Waals surface area contributed by atoms with Crippen molar-refractivity contribution >= 4 is 17.6 Å². The van der Waals surface area contributed by atoms with Crippen LogP contribution in [0.3, 0.4) is 0 Å². The Kier molecular flexibility index (Phi) is 5.46. The highest BCUT2D eigenvalue weighted by Crippen LogP contribution is 2.27. The van der Waals surface area contributed by atoms with E-state index in [4.69, 9.17) is 4.74 Å². The Morgan fingerprint density at radius 3 is 2.71 bits per heavy atom. The van der Waals surface area contributed by atoms with Gasteiger partial charge in [0.15, 0.2) is 5.96 Å². The summed E-state index contributed by atoms with van der Waals surface area (Å²) in [7, 11) is 1.77. The fraction of sp³-hybridized carbons (Fsp3) is 0.364. The number of anilines is 1. The molecule has 1 amide bonds. The van der Waals surface area contributed by atoms with E-state index in [9.17, 15) is 4.79 Å². The molecular formula is C22H26N4O2. The molecule has 1 atom stereocenters. The summed E-state index contributed by atoms with van der Waals surface area (Å²) in [4.78, 5) is 18.0. The van der Waals surface area contributed by atoms with Gasteiger partial charge in [0.2, 0.25) is 5.91 Å². The molecule has 0 aliphatic carbocycles. The van der Waals surface area contributed by atoms with Gasteiger partial charge < -0.3 is 20.3 Å². The van der Waals surface area contributed by atoms with Crippen molar-refractivity contribution in [3.63, 3.8) is 0 Å². The van der Waals surface area contributed by atoms with Crippen LogP contribution in [0.2, 0.25) is 0 Å². The lowest BCUT2D eigenvalue weighted by atomic mass is 10.1. The minimum Gasteiger partial charge on any atom is -0.488 e. The smallest absolute Gasteiger partial charge is 0.227 e. The molecular weight excluding hydrogens is 352 g/mol. The summed E-state index contributed by atoms with van der Waals surface area (Å²) in [6.07, 6.45) is 2.63. The Labute approximate surface area is 165 Å². The number of carbonyl (C=O) groups excluding carboxylic acids is 1. The van der Waals surface area contributed by atoms with Crippen LogP contribution in [0.1, 0.15) is 24.0 Å². The predicted octanol–water partition coefficient (Wildman–Crippen LogP) is 2.48. The van der Waals surface area contributed by atoms with E-state index in [1.807, 2.05) is 35.2 Å². The van der Waals surface area contributed by atoms with E-state index in [-0.39, 0.29) is 12.0 Å². The minimum absolute atomic E-state index is 0.119. The maximum absolute atomic E-state index is 11.8. The Bertz CT molecular complexity index is 838. The third-order valence-corrected chi connectivity index (χ3v) is 5.22. The number of fused-ring (bicyclic) bond motifs is 1. The molecule has 1 unspecified atom stereocenters. The highest BCUT2D eigenvalue weighted by molar-refractivity contribution is 5.95. The first kappa shape index (κ1) is 18.3. The molecule has 0 bridgehead atoms. The average molecular weight is 378 g/mol. The van der Waals surface area contributed by atoms with E-state index in [1.165, 1.54) is 5.56 Å². The number of guanidine groups is 1. The third kappa shape index (κ3) is 4.11. The lowest BCUT2D eigenvalue weighted by molar-refractivity contribution is -0.117. The predicted molar refractivity (Wildman–Crippen MR) is 111 cm³/mol. The second-order valence-corrected chi connectivity index (χ2v) is 7.17. The highest BCUT2D eigenvalue weighted by Gasteiger charge is 2.22. The summed E-state index contributed by atoms with van der Waals surface area (Å²) >= 11 is 0. The van der Waals surface area contributed by atoms with Crippen molar-refractivity contribution in [3.05, 3.63) is 59.7 Å². The Hall–Kier alpha value is -3.02. The number of nitrogens with zero attached hydrogens (tertiary/aromatic N) is 2. The van der Waals surface area contributed by atoms with Gasteiger partial charge in [-0.3, -0.25) is 9.79 Å². The number of hydrogen-bond donors (Lipinski definition) is 2. The number of nitrogens with one attached hydrogen (secondary N) is 2. The molecule has 2 heterocycles.